The molecule has 5 atom stereocenters. The summed E-state index contributed by atoms with van der Waals surface area (Å²) in [5.74, 6) is 0.670. The largest absolute Gasteiger partial charge is 0.390 e. The average Bonchev–Trinajstić information content (AvgIpc) is 2.87. The Morgan fingerprint density at radius 1 is 1.42 bits per heavy atom. The molecule has 1 aromatic rings. The Kier molecular flexibility index (Phi) is 2.87. The van der Waals surface area contributed by atoms with Gasteiger partial charge in [-0.25, -0.2) is 4.79 Å². The molecule has 0 amide bonds. The predicted octanol–water partition coefficient (Wildman–Crippen LogP) is 0.149. The maximum atomic E-state index is 11.8. The number of hydrogen-bond donors (Lipinski definition) is 2. The number of rotatable bonds is 1. The van der Waals surface area contributed by atoms with E-state index in [1.165, 1.54) is 10.8 Å². The molecule has 0 radical (unpaired) electrons. The zero-order chi connectivity index (χ0) is 13.7. The summed E-state index contributed by atoms with van der Waals surface area (Å²) < 4.78 is 7.25. The van der Waals surface area contributed by atoms with Crippen LogP contribution in [0.25, 0.3) is 0 Å². The van der Waals surface area contributed by atoms with Gasteiger partial charge < -0.3 is 9.84 Å². The molecule has 2 heterocycles. The van der Waals surface area contributed by atoms with Crippen molar-refractivity contribution in [2.45, 2.75) is 45.1 Å². The molecule has 6 nitrogen and oxygen atoms in total. The van der Waals surface area contributed by atoms with E-state index >= 15 is 0 Å². The Morgan fingerprint density at radius 2 is 2.16 bits per heavy atom. The first kappa shape index (κ1) is 12.6. The molecule has 3 rings (SSSR count). The molecule has 0 aromatic carbocycles. The highest BCUT2D eigenvalue weighted by molar-refractivity contribution is 5.03. The van der Waals surface area contributed by atoms with Gasteiger partial charge in [0.2, 0.25) is 0 Å². The first-order chi connectivity index (χ1) is 8.97. The van der Waals surface area contributed by atoms with Crippen LogP contribution >= 0.6 is 0 Å². The van der Waals surface area contributed by atoms with E-state index in [4.69, 9.17) is 4.74 Å². The number of nitrogens with zero attached hydrogens (tertiary/aromatic N) is 1. The highest BCUT2D eigenvalue weighted by Gasteiger charge is 2.48. The number of aromatic nitrogens is 2. The molecule has 2 N–H and O–H groups in total. The highest BCUT2D eigenvalue weighted by atomic mass is 16.5. The zero-order valence-corrected chi connectivity index (χ0v) is 11.0. The minimum atomic E-state index is -0.456. The number of nitrogens with one attached hydrogen (secondary N) is 1. The first-order valence-corrected chi connectivity index (χ1v) is 6.63. The number of aliphatic hydroxyl groups excluding tert-OH is 1. The predicted molar refractivity (Wildman–Crippen MR) is 67.9 cm³/mol. The molecule has 6 heteroatoms. The third-order valence-corrected chi connectivity index (χ3v) is 4.39. The zero-order valence-electron chi connectivity index (χ0n) is 11.0. The van der Waals surface area contributed by atoms with Crippen LogP contribution < -0.4 is 11.2 Å². The van der Waals surface area contributed by atoms with Crippen LogP contribution in [0.5, 0.6) is 0 Å². The Labute approximate surface area is 110 Å². The SMILES string of the molecule is Cc1cn([C@@H]2C[C@@H]3[C@H](O2)[C@H](O)C[C@H]3C)c(=O)[nH]c1=O. The van der Waals surface area contributed by atoms with Gasteiger partial charge in [-0.05, 0) is 31.6 Å². The smallest absolute Gasteiger partial charge is 0.330 e. The van der Waals surface area contributed by atoms with Gasteiger partial charge in [-0.1, -0.05) is 6.92 Å². The lowest BCUT2D eigenvalue weighted by atomic mass is 9.94. The van der Waals surface area contributed by atoms with Crippen LogP contribution in [0.4, 0.5) is 0 Å². The fraction of sp³-hybridized carbons (Fsp3) is 0.692. The van der Waals surface area contributed by atoms with Gasteiger partial charge in [0.25, 0.3) is 5.56 Å². The summed E-state index contributed by atoms with van der Waals surface area (Å²) in [6.45, 7) is 3.75. The minimum Gasteiger partial charge on any atom is -0.390 e. The lowest BCUT2D eigenvalue weighted by molar-refractivity contribution is -0.0555. The second-order valence-electron chi connectivity index (χ2n) is 5.71. The van der Waals surface area contributed by atoms with Crippen molar-refractivity contribution in [3.8, 4) is 0 Å². The number of H-pyrrole nitrogens is 1. The monoisotopic (exact) mass is 266 g/mol. The molecule has 1 aliphatic carbocycles. The lowest BCUT2D eigenvalue weighted by Crippen LogP contribution is -2.34. The van der Waals surface area contributed by atoms with E-state index in [0.29, 0.717) is 17.9 Å². The molecule has 0 unspecified atom stereocenters. The molecule has 0 bridgehead atoms. The maximum Gasteiger partial charge on any atom is 0.330 e. The van der Waals surface area contributed by atoms with Crippen molar-refractivity contribution in [2.24, 2.45) is 11.8 Å². The summed E-state index contributed by atoms with van der Waals surface area (Å²) in [5, 5.41) is 9.93. The average molecular weight is 266 g/mol. The van der Waals surface area contributed by atoms with E-state index < -0.39 is 18.0 Å². The first-order valence-electron chi connectivity index (χ1n) is 6.63. The van der Waals surface area contributed by atoms with Gasteiger partial charge in [0.1, 0.15) is 6.23 Å². The van der Waals surface area contributed by atoms with E-state index in [0.717, 1.165) is 6.42 Å². The van der Waals surface area contributed by atoms with Gasteiger partial charge in [-0.15, -0.1) is 0 Å². The third kappa shape index (κ3) is 1.95. The van der Waals surface area contributed by atoms with E-state index in [-0.39, 0.29) is 17.6 Å². The molecule has 2 aliphatic rings. The molecule has 1 saturated carbocycles. The molecule has 1 aliphatic heterocycles. The van der Waals surface area contributed by atoms with E-state index in [1.54, 1.807) is 6.92 Å². The van der Waals surface area contributed by atoms with Crippen LogP contribution in [0.2, 0.25) is 0 Å². The molecular weight excluding hydrogens is 248 g/mol. The fourth-order valence-corrected chi connectivity index (χ4v) is 3.31. The van der Waals surface area contributed by atoms with Crippen LogP contribution in [0.15, 0.2) is 15.8 Å². The normalized spacial score (nSPS) is 37.5. The fourth-order valence-electron chi connectivity index (χ4n) is 3.31. The molecule has 0 spiro atoms. The van der Waals surface area contributed by atoms with Crippen LogP contribution in [0.1, 0.15) is 31.6 Å². The summed E-state index contributed by atoms with van der Waals surface area (Å²) in [6.07, 6.45) is 1.94. The highest BCUT2D eigenvalue weighted by Crippen LogP contribution is 2.45. The van der Waals surface area contributed by atoms with E-state index in [1.807, 2.05) is 0 Å². The molecular formula is C13H18N2O4. The van der Waals surface area contributed by atoms with Crippen molar-refractivity contribution in [3.05, 3.63) is 32.6 Å². The van der Waals surface area contributed by atoms with E-state index in [2.05, 4.69) is 11.9 Å². The van der Waals surface area contributed by atoms with Crippen molar-refractivity contribution in [2.75, 3.05) is 0 Å². The van der Waals surface area contributed by atoms with Gasteiger partial charge in [0.15, 0.2) is 0 Å². The molecule has 1 saturated heterocycles. The summed E-state index contributed by atoms with van der Waals surface area (Å²) in [7, 11) is 0. The maximum absolute atomic E-state index is 11.8. The summed E-state index contributed by atoms with van der Waals surface area (Å²) in [6, 6.07) is 0. The van der Waals surface area contributed by atoms with Crippen molar-refractivity contribution in [1.82, 2.24) is 9.55 Å². The van der Waals surface area contributed by atoms with Crippen molar-refractivity contribution in [1.29, 1.82) is 0 Å². The quantitative estimate of drug-likeness (QED) is 0.757. The standard InChI is InChI=1S/C13H18N2O4/c1-6-3-9(16)11-8(6)4-10(19-11)15-5-7(2)12(17)14-13(15)18/h5-6,8-11,16H,3-4H2,1-2H3,(H,14,17,18)/t6-,8+,9-,10+,11+/m1/s1. The Morgan fingerprint density at radius 3 is 2.84 bits per heavy atom. The number of hydrogen-bond acceptors (Lipinski definition) is 4. The molecule has 1 aromatic heterocycles. The lowest BCUT2D eigenvalue weighted by Gasteiger charge is -2.17. The number of fused-ring (bicyclic) bond motifs is 1. The number of ether oxygens (including phenoxy) is 1. The molecule has 19 heavy (non-hydrogen) atoms. The number of aryl methyl sites for hydroxylation is 1. The Hall–Kier alpha value is -1.40. The van der Waals surface area contributed by atoms with Crippen LogP contribution in [-0.4, -0.2) is 26.9 Å². The van der Waals surface area contributed by atoms with Crippen molar-refractivity contribution < 1.29 is 9.84 Å². The van der Waals surface area contributed by atoms with Crippen LogP contribution in [0.3, 0.4) is 0 Å². The second-order valence-corrected chi connectivity index (χ2v) is 5.71. The number of aliphatic hydroxyl groups is 1. The number of aromatic amines is 1. The summed E-state index contributed by atoms with van der Waals surface area (Å²) >= 11 is 0. The minimum absolute atomic E-state index is 0.195. The van der Waals surface area contributed by atoms with Gasteiger partial charge in [-0.2, -0.15) is 0 Å². The third-order valence-electron chi connectivity index (χ3n) is 4.39. The molecule has 2 fully saturated rings. The van der Waals surface area contributed by atoms with Gasteiger partial charge >= 0.3 is 5.69 Å². The van der Waals surface area contributed by atoms with E-state index in [9.17, 15) is 14.7 Å². The molecule has 104 valence electrons. The summed E-state index contributed by atoms with van der Waals surface area (Å²) in [4.78, 5) is 25.5. The van der Waals surface area contributed by atoms with Crippen LogP contribution in [-0.2, 0) is 4.74 Å². The Bertz CT molecular complexity index is 589. The Balaban J connectivity index is 1.92. The summed E-state index contributed by atoms with van der Waals surface area (Å²) in [5.41, 5.74) is -0.343. The van der Waals surface area contributed by atoms with Gasteiger partial charge in [0, 0.05) is 11.8 Å². The van der Waals surface area contributed by atoms with Crippen LogP contribution in [0, 0.1) is 18.8 Å². The van der Waals surface area contributed by atoms with Gasteiger partial charge in [-0.3, -0.25) is 14.3 Å². The van der Waals surface area contributed by atoms with Gasteiger partial charge in [0.05, 0.1) is 12.2 Å². The van der Waals surface area contributed by atoms with Crippen molar-refractivity contribution >= 4 is 0 Å². The second kappa shape index (κ2) is 4.31. The van der Waals surface area contributed by atoms with Crippen molar-refractivity contribution in [3.63, 3.8) is 0 Å². The topological polar surface area (TPSA) is 84.3 Å².